The van der Waals surface area contributed by atoms with Crippen LogP contribution in [0.5, 0.6) is 0 Å². The first-order valence-electron chi connectivity index (χ1n) is 16.1. The first-order valence-corrected chi connectivity index (χ1v) is 13.6. The first kappa shape index (κ1) is 20.6. The number of amides is 1. The molecule has 1 aromatic carbocycles. The first-order chi connectivity index (χ1) is 19.7. The molecule has 2 aliphatic heterocycles. The second-order valence-corrected chi connectivity index (χ2v) is 11.3. The summed E-state index contributed by atoms with van der Waals surface area (Å²) in [6, 6.07) is 8.26. The van der Waals surface area contributed by atoms with Crippen LogP contribution in [0.4, 0.5) is 8.78 Å². The second kappa shape index (κ2) is 10.8. The monoisotopic (exact) mass is 518 g/mol. The van der Waals surface area contributed by atoms with E-state index in [4.69, 9.17) is 4.11 Å². The van der Waals surface area contributed by atoms with Crippen LogP contribution in [-0.4, -0.2) is 50.1 Å². The van der Waals surface area contributed by atoms with Gasteiger partial charge in [0.05, 0.1) is 6.04 Å². The van der Waals surface area contributed by atoms with Crippen LogP contribution in [0.3, 0.4) is 0 Å². The number of carbonyl (C=O) groups excluding carboxylic acids is 1. The molecular weight excluding hydrogens is 472 g/mol. The fourth-order valence-corrected chi connectivity index (χ4v) is 6.40. The number of aryl methyl sites for hydroxylation is 1. The van der Waals surface area contributed by atoms with Crippen molar-refractivity contribution in [1.29, 1.82) is 0 Å². The Morgan fingerprint density at radius 3 is 2.41 bits per heavy atom. The molecule has 2 aromatic rings. The summed E-state index contributed by atoms with van der Waals surface area (Å²) in [5, 5.41) is 11.3. The van der Waals surface area contributed by atoms with E-state index in [1.54, 1.807) is 4.57 Å². The molecule has 2 bridgehead atoms. The van der Waals surface area contributed by atoms with Crippen molar-refractivity contribution in [2.45, 2.75) is 114 Å². The second-order valence-electron chi connectivity index (χ2n) is 11.3. The number of nitrogens with zero attached hydrogens (tertiary/aromatic N) is 4. The highest BCUT2D eigenvalue weighted by Gasteiger charge is 2.42. The predicted octanol–water partition coefficient (Wildman–Crippen LogP) is 5.95. The minimum Gasteiger partial charge on any atom is -0.349 e. The lowest BCUT2D eigenvalue weighted by Crippen LogP contribution is -2.45. The Bertz CT molecular complexity index is 1230. The number of halogens is 2. The van der Waals surface area contributed by atoms with E-state index in [2.05, 4.69) is 15.5 Å². The topological polar surface area (TPSA) is 63.1 Å². The fraction of sp³-hybridized carbons (Fsp3) is 0.690. The molecule has 6 nitrogen and oxygen atoms in total. The van der Waals surface area contributed by atoms with E-state index in [1.165, 1.54) is 0 Å². The average molecular weight is 519 g/mol. The number of piperidine rings is 1. The maximum atomic E-state index is 13.7. The van der Waals surface area contributed by atoms with E-state index in [0.29, 0.717) is 18.7 Å². The van der Waals surface area contributed by atoms with Gasteiger partial charge in [-0.1, -0.05) is 44.2 Å². The molecule has 8 heteroatoms. The fourth-order valence-electron chi connectivity index (χ4n) is 6.40. The van der Waals surface area contributed by atoms with Crippen LogP contribution in [0, 0.1) is 12.8 Å². The number of rotatable bonds is 8. The number of benzene rings is 1. The third kappa shape index (κ3) is 5.74. The van der Waals surface area contributed by atoms with Gasteiger partial charge in [-0.3, -0.25) is 9.69 Å². The number of alkyl halides is 2. The number of aromatic nitrogens is 3. The molecule has 0 spiro atoms. The minimum absolute atomic E-state index is 0.00763. The molecule has 3 atom stereocenters. The molecule has 1 amide bonds. The van der Waals surface area contributed by atoms with E-state index in [0.717, 1.165) is 18.4 Å². The molecule has 3 aliphatic rings. The normalized spacial score (nSPS) is 29.6. The molecule has 37 heavy (non-hydrogen) atoms. The van der Waals surface area contributed by atoms with Gasteiger partial charge in [0.1, 0.15) is 11.6 Å². The van der Waals surface area contributed by atoms with Gasteiger partial charge in [0.25, 0.3) is 0 Å². The van der Waals surface area contributed by atoms with Gasteiger partial charge >= 0.3 is 0 Å². The zero-order chi connectivity index (χ0) is 30.4. The maximum absolute atomic E-state index is 13.7. The Labute approximate surface area is 226 Å². The van der Waals surface area contributed by atoms with Crippen LogP contribution in [0.25, 0.3) is 0 Å². The van der Waals surface area contributed by atoms with Crippen molar-refractivity contribution in [2.75, 3.05) is 6.50 Å². The van der Waals surface area contributed by atoms with E-state index in [-0.39, 0.29) is 67.9 Å². The number of nitrogens with one attached hydrogen (secondary N) is 1. The SMILES string of the molecule is [2H]C([2H])([2H])c1nnc(C(C)C)n1C1CC2CCC(C1)N2C([2H])([2H])CC(NC(=O)C1CCC(F)(F)CC1)c1ccccc1. The van der Waals surface area contributed by atoms with E-state index in [1.807, 2.05) is 49.1 Å². The third-order valence-corrected chi connectivity index (χ3v) is 8.40. The lowest BCUT2D eigenvalue weighted by atomic mass is 9.86. The number of hydrogen-bond acceptors (Lipinski definition) is 4. The molecule has 1 aromatic heterocycles. The summed E-state index contributed by atoms with van der Waals surface area (Å²) < 4.78 is 71.8. The Kier molecular flexibility index (Phi) is 6.01. The van der Waals surface area contributed by atoms with Crippen LogP contribution in [0.2, 0.25) is 0 Å². The van der Waals surface area contributed by atoms with E-state index >= 15 is 0 Å². The van der Waals surface area contributed by atoms with Crippen molar-refractivity contribution < 1.29 is 20.4 Å². The zero-order valence-corrected chi connectivity index (χ0v) is 21.7. The van der Waals surface area contributed by atoms with Gasteiger partial charge in [0.2, 0.25) is 11.8 Å². The van der Waals surface area contributed by atoms with Gasteiger partial charge in [0, 0.05) is 56.2 Å². The Balaban J connectivity index is 1.35. The third-order valence-electron chi connectivity index (χ3n) is 8.40. The molecule has 2 saturated heterocycles. The van der Waals surface area contributed by atoms with Crippen LogP contribution in [0.1, 0.15) is 114 Å². The van der Waals surface area contributed by atoms with Gasteiger partial charge in [-0.25, -0.2) is 8.78 Å². The molecular formula is C29H41F2N5O. The maximum Gasteiger partial charge on any atom is 0.248 e. The summed E-state index contributed by atoms with van der Waals surface area (Å²) in [4.78, 5) is 15.1. The predicted molar refractivity (Wildman–Crippen MR) is 139 cm³/mol. The van der Waals surface area contributed by atoms with Crippen molar-refractivity contribution in [3.8, 4) is 0 Å². The standard InChI is InChI=1S/C29H41F2N5O/c1-19(2)27-34-33-20(3)36(27)25-17-23-9-10-24(18-25)35(23)16-13-26(21-7-5-4-6-8-21)32-28(37)22-11-14-29(30,31)15-12-22/h4-8,19,22-26H,9-18H2,1-3H3,(H,32,37)/i3D3,16D2. The smallest absolute Gasteiger partial charge is 0.248 e. The summed E-state index contributed by atoms with van der Waals surface area (Å²) in [5.74, 6) is -2.94. The minimum atomic E-state index is -2.73. The van der Waals surface area contributed by atoms with Gasteiger partial charge in [-0.15, -0.1) is 10.2 Å². The molecule has 1 aliphatic carbocycles. The molecule has 1 saturated carbocycles. The summed E-state index contributed by atoms with van der Waals surface area (Å²) in [5.41, 5.74) is 0.770. The molecule has 1 N–H and O–H groups in total. The van der Waals surface area contributed by atoms with E-state index in [9.17, 15) is 16.3 Å². The van der Waals surface area contributed by atoms with Crippen molar-refractivity contribution in [3.63, 3.8) is 0 Å². The quantitative estimate of drug-likeness (QED) is 0.469. The highest BCUT2D eigenvalue weighted by atomic mass is 19.3. The lowest BCUT2D eigenvalue weighted by Gasteiger charge is -2.40. The van der Waals surface area contributed by atoms with Crippen LogP contribution in [-0.2, 0) is 4.79 Å². The number of hydrogen-bond donors (Lipinski definition) is 1. The molecule has 0 radical (unpaired) electrons. The van der Waals surface area contributed by atoms with Gasteiger partial charge in [-0.2, -0.15) is 0 Å². The molecule has 202 valence electrons. The number of carbonyl (C=O) groups is 1. The van der Waals surface area contributed by atoms with Crippen molar-refractivity contribution in [1.82, 2.24) is 25.0 Å². The van der Waals surface area contributed by atoms with Crippen molar-refractivity contribution >= 4 is 5.91 Å². The van der Waals surface area contributed by atoms with Crippen molar-refractivity contribution in [2.24, 2.45) is 5.92 Å². The largest absolute Gasteiger partial charge is 0.349 e. The molecule has 3 unspecified atom stereocenters. The lowest BCUT2D eigenvalue weighted by molar-refractivity contribution is -0.130. The van der Waals surface area contributed by atoms with Crippen LogP contribution >= 0.6 is 0 Å². The summed E-state index contributed by atoms with van der Waals surface area (Å²) in [6.07, 6.45) is 2.36. The average Bonchev–Trinajstić information content (AvgIpc) is 3.49. The van der Waals surface area contributed by atoms with Crippen molar-refractivity contribution in [3.05, 3.63) is 47.5 Å². The Morgan fingerprint density at radius 1 is 1.11 bits per heavy atom. The zero-order valence-electron chi connectivity index (χ0n) is 26.7. The molecule has 3 heterocycles. The van der Waals surface area contributed by atoms with E-state index < -0.39 is 31.2 Å². The Hall–Kier alpha value is -2.35. The van der Waals surface area contributed by atoms with Crippen LogP contribution in [0.15, 0.2) is 30.3 Å². The molecule has 3 fully saturated rings. The van der Waals surface area contributed by atoms with Gasteiger partial charge in [-0.05, 0) is 57.4 Å². The Morgan fingerprint density at radius 2 is 1.78 bits per heavy atom. The highest BCUT2D eigenvalue weighted by Crippen LogP contribution is 2.42. The van der Waals surface area contributed by atoms with Crippen LogP contribution < -0.4 is 5.32 Å². The highest BCUT2D eigenvalue weighted by molar-refractivity contribution is 5.79. The summed E-state index contributed by atoms with van der Waals surface area (Å²) in [7, 11) is 0. The van der Waals surface area contributed by atoms with Gasteiger partial charge in [0.15, 0.2) is 0 Å². The number of fused-ring (bicyclic) bond motifs is 2. The van der Waals surface area contributed by atoms with Gasteiger partial charge < -0.3 is 9.88 Å². The molecule has 5 rings (SSSR count). The summed E-state index contributed by atoms with van der Waals surface area (Å²) >= 11 is 0. The summed E-state index contributed by atoms with van der Waals surface area (Å²) in [6.45, 7) is -0.252.